The monoisotopic (exact) mass is 439 g/mol. The Kier molecular flexibility index (Phi) is 5.44. The SMILES string of the molecule is O=C(O)N1CCc2[nH]nc(CO)c2C1C(c1ccccc1)(c1ccccc1)c1ccccc1. The Bertz CT molecular complexity index is 1130. The average Bonchev–Trinajstić information content (AvgIpc) is 3.30. The van der Waals surface area contributed by atoms with Gasteiger partial charge in [0.2, 0.25) is 0 Å². The maximum Gasteiger partial charge on any atom is 0.407 e. The van der Waals surface area contributed by atoms with Crippen molar-refractivity contribution in [3.05, 3.63) is 125 Å². The Hall–Kier alpha value is -3.90. The number of fused-ring (bicyclic) bond motifs is 1. The summed E-state index contributed by atoms with van der Waals surface area (Å²) >= 11 is 0. The molecular weight excluding hydrogens is 414 g/mol. The highest BCUT2D eigenvalue weighted by atomic mass is 16.4. The number of aliphatic hydroxyl groups is 1. The number of rotatable bonds is 5. The van der Waals surface area contributed by atoms with Crippen LogP contribution in [0.4, 0.5) is 4.79 Å². The van der Waals surface area contributed by atoms with Crippen molar-refractivity contribution in [3.63, 3.8) is 0 Å². The zero-order valence-corrected chi connectivity index (χ0v) is 18.1. The molecule has 1 unspecified atom stereocenters. The number of hydrogen-bond acceptors (Lipinski definition) is 3. The van der Waals surface area contributed by atoms with Crippen LogP contribution in [0, 0.1) is 0 Å². The summed E-state index contributed by atoms with van der Waals surface area (Å²) in [6.45, 7) is 0.0541. The van der Waals surface area contributed by atoms with Gasteiger partial charge in [-0.1, -0.05) is 91.0 Å². The van der Waals surface area contributed by atoms with E-state index in [1.807, 2.05) is 91.0 Å². The van der Waals surface area contributed by atoms with E-state index in [1.54, 1.807) is 0 Å². The fraction of sp³-hybridized carbons (Fsp3) is 0.185. The second-order valence-electron chi connectivity index (χ2n) is 8.26. The van der Waals surface area contributed by atoms with Crippen LogP contribution >= 0.6 is 0 Å². The first-order chi connectivity index (χ1) is 16.2. The molecule has 3 aromatic carbocycles. The van der Waals surface area contributed by atoms with Gasteiger partial charge in [-0.05, 0) is 16.7 Å². The quantitative estimate of drug-likeness (QED) is 0.399. The van der Waals surface area contributed by atoms with E-state index in [0.717, 1.165) is 27.9 Å². The van der Waals surface area contributed by atoms with Gasteiger partial charge in [0.15, 0.2) is 0 Å². The van der Waals surface area contributed by atoms with Crippen molar-refractivity contribution in [1.29, 1.82) is 0 Å². The molecular formula is C27H25N3O3. The van der Waals surface area contributed by atoms with Crippen molar-refractivity contribution in [2.75, 3.05) is 6.54 Å². The van der Waals surface area contributed by atoms with Crippen LogP contribution in [0.2, 0.25) is 0 Å². The molecule has 1 aliphatic rings. The lowest BCUT2D eigenvalue weighted by Gasteiger charge is -2.48. The molecule has 0 bridgehead atoms. The van der Waals surface area contributed by atoms with Gasteiger partial charge in [-0.2, -0.15) is 5.10 Å². The van der Waals surface area contributed by atoms with E-state index in [2.05, 4.69) is 10.2 Å². The van der Waals surface area contributed by atoms with Gasteiger partial charge >= 0.3 is 6.09 Å². The predicted molar refractivity (Wildman–Crippen MR) is 125 cm³/mol. The molecule has 4 aromatic rings. The molecule has 5 rings (SSSR count). The Balaban J connectivity index is 1.94. The molecule has 6 nitrogen and oxygen atoms in total. The number of aromatic amines is 1. The third kappa shape index (κ3) is 3.31. The fourth-order valence-corrected chi connectivity index (χ4v) is 5.31. The number of benzene rings is 3. The molecule has 6 heteroatoms. The molecule has 0 saturated heterocycles. The Morgan fingerprint density at radius 2 is 1.39 bits per heavy atom. The molecule has 1 aromatic heterocycles. The summed E-state index contributed by atoms with van der Waals surface area (Å²) in [5, 5.41) is 28.0. The number of H-pyrrole nitrogens is 1. The highest BCUT2D eigenvalue weighted by molar-refractivity contribution is 5.69. The summed E-state index contributed by atoms with van der Waals surface area (Å²) < 4.78 is 0. The van der Waals surface area contributed by atoms with Gasteiger partial charge in [-0.15, -0.1) is 0 Å². The zero-order chi connectivity index (χ0) is 22.8. The minimum absolute atomic E-state index is 0.274. The molecule has 0 radical (unpaired) electrons. The van der Waals surface area contributed by atoms with Gasteiger partial charge in [0.1, 0.15) is 0 Å². The molecule has 1 aliphatic heterocycles. The van der Waals surface area contributed by atoms with Crippen LogP contribution in [-0.4, -0.2) is 37.9 Å². The van der Waals surface area contributed by atoms with E-state index >= 15 is 0 Å². The molecule has 3 N–H and O–H groups in total. The molecule has 33 heavy (non-hydrogen) atoms. The van der Waals surface area contributed by atoms with Crippen LogP contribution in [0.15, 0.2) is 91.0 Å². The number of hydrogen-bond donors (Lipinski definition) is 3. The number of nitrogens with zero attached hydrogens (tertiary/aromatic N) is 2. The van der Waals surface area contributed by atoms with Crippen LogP contribution in [0.25, 0.3) is 0 Å². The lowest BCUT2D eigenvalue weighted by molar-refractivity contribution is 0.102. The zero-order valence-electron chi connectivity index (χ0n) is 18.1. The van der Waals surface area contributed by atoms with E-state index < -0.39 is 17.6 Å². The van der Waals surface area contributed by atoms with Crippen LogP contribution in [0.3, 0.4) is 0 Å². The lowest BCUT2D eigenvalue weighted by Crippen LogP contribution is -2.51. The molecule has 0 aliphatic carbocycles. The van der Waals surface area contributed by atoms with Gasteiger partial charge in [0.25, 0.3) is 0 Å². The number of aliphatic hydroxyl groups excluding tert-OH is 1. The van der Waals surface area contributed by atoms with E-state index in [4.69, 9.17) is 0 Å². The van der Waals surface area contributed by atoms with Crippen LogP contribution in [0.5, 0.6) is 0 Å². The highest BCUT2D eigenvalue weighted by Gasteiger charge is 2.52. The molecule has 1 atom stereocenters. The van der Waals surface area contributed by atoms with Gasteiger partial charge < -0.3 is 10.2 Å². The summed E-state index contributed by atoms with van der Waals surface area (Å²) in [6, 6.07) is 29.4. The Labute approximate surface area is 192 Å². The average molecular weight is 440 g/mol. The summed E-state index contributed by atoms with van der Waals surface area (Å²) in [5.74, 6) is 0. The third-order valence-corrected chi connectivity index (χ3v) is 6.64. The van der Waals surface area contributed by atoms with Crippen molar-refractivity contribution in [3.8, 4) is 0 Å². The molecule has 0 saturated carbocycles. The van der Waals surface area contributed by atoms with Crippen molar-refractivity contribution < 1.29 is 15.0 Å². The highest BCUT2D eigenvalue weighted by Crippen LogP contribution is 2.53. The maximum absolute atomic E-state index is 12.7. The molecule has 166 valence electrons. The molecule has 0 fully saturated rings. The van der Waals surface area contributed by atoms with E-state index in [9.17, 15) is 15.0 Å². The summed E-state index contributed by atoms with van der Waals surface area (Å²) in [4.78, 5) is 14.2. The first kappa shape index (κ1) is 21.0. The summed E-state index contributed by atoms with van der Waals surface area (Å²) in [7, 11) is 0. The fourth-order valence-electron chi connectivity index (χ4n) is 5.31. The van der Waals surface area contributed by atoms with Gasteiger partial charge in [-0.3, -0.25) is 10.00 Å². The van der Waals surface area contributed by atoms with Crippen LogP contribution in [0.1, 0.15) is 39.7 Å². The van der Waals surface area contributed by atoms with E-state index in [-0.39, 0.29) is 6.61 Å². The van der Waals surface area contributed by atoms with Crippen molar-refractivity contribution in [2.45, 2.75) is 24.5 Å². The third-order valence-electron chi connectivity index (χ3n) is 6.64. The first-order valence-corrected chi connectivity index (χ1v) is 11.0. The molecule has 0 spiro atoms. The van der Waals surface area contributed by atoms with Gasteiger partial charge in [-0.25, -0.2) is 4.79 Å². The standard InChI is InChI=1S/C27H25N3O3/c31-18-23-24-22(28-29-23)16-17-30(26(32)33)25(24)27(19-10-4-1-5-11-19,20-12-6-2-7-13-20)21-14-8-3-9-15-21/h1-15,25,31H,16-18H2,(H,28,29)(H,32,33). The molecule has 2 heterocycles. The smallest absolute Gasteiger partial charge is 0.407 e. The number of amides is 1. The predicted octanol–water partition coefficient (Wildman–Crippen LogP) is 4.51. The largest absolute Gasteiger partial charge is 0.465 e. The molecule has 1 amide bonds. The topological polar surface area (TPSA) is 89.5 Å². The maximum atomic E-state index is 12.7. The van der Waals surface area contributed by atoms with Crippen LogP contribution in [-0.2, 0) is 18.4 Å². The van der Waals surface area contributed by atoms with E-state index in [1.165, 1.54) is 4.90 Å². The van der Waals surface area contributed by atoms with Crippen molar-refractivity contribution in [2.24, 2.45) is 0 Å². The minimum atomic E-state index is -0.997. The minimum Gasteiger partial charge on any atom is -0.465 e. The van der Waals surface area contributed by atoms with Crippen molar-refractivity contribution >= 4 is 6.09 Å². The van der Waals surface area contributed by atoms with Gasteiger partial charge in [0, 0.05) is 24.2 Å². The Morgan fingerprint density at radius 1 is 0.909 bits per heavy atom. The number of carbonyl (C=O) groups is 1. The number of aromatic nitrogens is 2. The number of carboxylic acid groups (broad SMARTS) is 1. The van der Waals surface area contributed by atoms with Crippen molar-refractivity contribution in [1.82, 2.24) is 15.1 Å². The lowest BCUT2D eigenvalue weighted by atomic mass is 9.61. The van der Waals surface area contributed by atoms with E-state index in [0.29, 0.717) is 18.7 Å². The second-order valence-corrected chi connectivity index (χ2v) is 8.26. The second kappa shape index (κ2) is 8.56. The number of nitrogens with one attached hydrogen (secondary N) is 1. The van der Waals surface area contributed by atoms with Gasteiger partial charge in [0.05, 0.1) is 23.8 Å². The summed E-state index contributed by atoms with van der Waals surface area (Å²) in [5.41, 5.74) is 4.14. The normalized spacial score (nSPS) is 15.8. The van der Waals surface area contributed by atoms with Crippen LogP contribution < -0.4 is 0 Å². The summed E-state index contributed by atoms with van der Waals surface area (Å²) in [6.07, 6.45) is -0.484. The Morgan fingerprint density at radius 3 is 1.82 bits per heavy atom. The first-order valence-electron chi connectivity index (χ1n) is 11.0.